The lowest BCUT2D eigenvalue weighted by molar-refractivity contribution is 0.0854. The molecule has 1 aromatic rings. The highest BCUT2D eigenvalue weighted by molar-refractivity contribution is 7.81. The lowest BCUT2D eigenvalue weighted by Crippen LogP contribution is -2.46. The van der Waals surface area contributed by atoms with E-state index in [9.17, 15) is 0 Å². The van der Waals surface area contributed by atoms with E-state index in [4.69, 9.17) is 4.65 Å². The van der Waals surface area contributed by atoms with Gasteiger partial charge >= 0.3 is 7.48 Å². The summed E-state index contributed by atoms with van der Waals surface area (Å²) in [7, 11) is 3.77. The minimum atomic E-state index is -0.362. The van der Waals surface area contributed by atoms with Crippen LogP contribution in [-0.4, -0.2) is 22.4 Å². The lowest BCUT2D eigenvalue weighted by Gasteiger charge is -2.38. The third-order valence-electron chi connectivity index (χ3n) is 4.07. The van der Waals surface area contributed by atoms with Gasteiger partial charge in [0.2, 0.25) is 0 Å². The smallest absolute Gasteiger partial charge is 0.332 e. The second kappa shape index (κ2) is 7.56. The number of aromatic nitrogens is 1. The Morgan fingerprint density at radius 2 is 2.00 bits per heavy atom. The van der Waals surface area contributed by atoms with E-state index in [1.54, 1.807) is 7.48 Å². The molecule has 0 unspecified atom stereocenters. The van der Waals surface area contributed by atoms with E-state index in [1.165, 1.54) is 5.57 Å². The minimum Gasteiger partial charge on any atom is -0.428 e. The first-order chi connectivity index (χ1) is 10.1. The Morgan fingerprint density at radius 3 is 2.50 bits per heavy atom. The molecule has 1 rings (SSSR count). The zero-order valence-electron chi connectivity index (χ0n) is 14.8. The molecule has 0 amide bonds. The van der Waals surface area contributed by atoms with Gasteiger partial charge in [0, 0.05) is 24.2 Å². The van der Waals surface area contributed by atoms with E-state index < -0.39 is 0 Å². The lowest BCUT2D eigenvalue weighted by atomic mass is 9.85. The summed E-state index contributed by atoms with van der Waals surface area (Å²) in [4.78, 5) is 4.50. The Balaban J connectivity index is 2.87. The first-order valence-corrected chi connectivity index (χ1v) is 8.11. The predicted octanol–water partition coefficient (Wildman–Crippen LogP) is 2.99. The molecule has 22 heavy (non-hydrogen) atoms. The van der Waals surface area contributed by atoms with Gasteiger partial charge in [-0.2, -0.15) is 12.6 Å². The van der Waals surface area contributed by atoms with Gasteiger partial charge in [0.15, 0.2) is 0 Å². The number of pyridine rings is 1. The molecule has 0 spiro atoms. The highest BCUT2D eigenvalue weighted by Crippen LogP contribution is 2.30. The molecule has 0 fully saturated rings. The molecule has 0 bridgehead atoms. The number of aryl methyl sites for hydroxylation is 1. The zero-order valence-corrected chi connectivity index (χ0v) is 15.7. The Morgan fingerprint density at radius 1 is 1.36 bits per heavy atom. The maximum atomic E-state index is 5.93. The molecule has 0 saturated heterocycles. The largest absolute Gasteiger partial charge is 0.428 e. The Labute approximate surface area is 141 Å². The Kier molecular flexibility index (Phi) is 6.57. The molecule has 3 nitrogen and oxygen atoms in total. The van der Waals surface area contributed by atoms with E-state index in [1.807, 2.05) is 63.8 Å². The monoisotopic (exact) mass is 319 g/mol. The van der Waals surface area contributed by atoms with Gasteiger partial charge in [-0.3, -0.25) is 0 Å². The maximum Gasteiger partial charge on any atom is 0.332 e. The van der Waals surface area contributed by atoms with Crippen molar-refractivity contribution in [2.75, 3.05) is 0 Å². The standard InChI is InChI=1S/C17H28BN2OS/c1-8-13(2)11-19-15-10-9-14(12-20(15)7)18-21-16(3,4)17(5,6)22/h9-12,22H,8H2,1-7H3. The van der Waals surface area contributed by atoms with Crippen LogP contribution in [0.3, 0.4) is 0 Å². The Bertz CT molecular complexity index is 597. The minimum absolute atomic E-state index is 0.233. The number of thiol groups is 1. The topological polar surface area (TPSA) is 26.5 Å². The first kappa shape index (κ1) is 19.1. The third kappa shape index (κ3) is 5.36. The molecule has 0 aliphatic heterocycles. The molecule has 1 heterocycles. The van der Waals surface area contributed by atoms with Gasteiger partial charge in [-0.1, -0.05) is 18.6 Å². The fraction of sp³-hybridized carbons (Fsp3) is 0.588. The summed E-state index contributed by atoms with van der Waals surface area (Å²) in [6.45, 7) is 12.4. The molecule has 1 radical (unpaired) electrons. The van der Waals surface area contributed by atoms with Crippen molar-refractivity contribution < 1.29 is 4.65 Å². The maximum absolute atomic E-state index is 5.93. The second-order valence-corrected chi connectivity index (χ2v) is 7.81. The van der Waals surface area contributed by atoms with Crippen molar-refractivity contribution in [3.05, 3.63) is 35.6 Å². The summed E-state index contributed by atoms with van der Waals surface area (Å²) in [6.07, 6.45) is 4.94. The average Bonchev–Trinajstić information content (AvgIpc) is 2.42. The van der Waals surface area contributed by atoms with Crippen LogP contribution in [0.25, 0.3) is 0 Å². The molecular formula is C17H28BN2OS. The van der Waals surface area contributed by atoms with Crippen LogP contribution in [0.15, 0.2) is 35.1 Å². The Hall–Kier alpha value is -0.935. The SMILES string of the molecule is CCC(C)=CN=c1ccc([B]OC(C)(C)C(C)(C)S)cn1C. The molecular weight excluding hydrogens is 291 g/mol. The van der Waals surface area contributed by atoms with Crippen molar-refractivity contribution in [1.82, 2.24) is 4.57 Å². The highest BCUT2D eigenvalue weighted by atomic mass is 32.1. The number of hydrogen-bond acceptors (Lipinski definition) is 3. The quantitative estimate of drug-likeness (QED) is 0.633. The number of hydrogen-bond donors (Lipinski definition) is 1. The van der Waals surface area contributed by atoms with E-state index in [0.29, 0.717) is 0 Å². The van der Waals surface area contributed by atoms with Crippen LogP contribution in [0.5, 0.6) is 0 Å². The number of allylic oxidation sites excluding steroid dienone is 1. The van der Waals surface area contributed by atoms with Crippen LogP contribution in [0.4, 0.5) is 0 Å². The van der Waals surface area contributed by atoms with E-state index in [2.05, 4.69) is 31.5 Å². The van der Waals surface area contributed by atoms with Crippen molar-refractivity contribution in [3.8, 4) is 0 Å². The van der Waals surface area contributed by atoms with Crippen LogP contribution >= 0.6 is 12.6 Å². The van der Waals surface area contributed by atoms with Crippen molar-refractivity contribution in [2.24, 2.45) is 12.0 Å². The van der Waals surface area contributed by atoms with Gasteiger partial charge < -0.3 is 9.22 Å². The van der Waals surface area contributed by atoms with E-state index in [0.717, 1.165) is 17.4 Å². The molecule has 0 aromatic carbocycles. The number of nitrogens with zero attached hydrogens (tertiary/aromatic N) is 2. The summed E-state index contributed by atoms with van der Waals surface area (Å²) in [6, 6.07) is 4.00. The van der Waals surface area contributed by atoms with Crippen LogP contribution < -0.4 is 11.0 Å². The number of rotatable bonds is 6. The summed E-state index contributed by atoms with van der Waals surface area (Å²) < 4.78 is 7.69. The fourth-order valence-electron chi connectivity index (χ4n) is 1.45. The van der Waals surface area contributed by atoms with Crippen molar-refractivity contribution in [2.45, 2.75) is 58.3 Å². The molecule has 0 N–H and O–H groups in total. The third-order valence-corrected chi connectivity index (χ3v) is 4.61. The van der Waals surface area contributed by atoms with Gasteiger partial charge in [-0.05, 0) is 52.6 Å². The molecule has 0 atom stereocenters. The summed E-state index contributed by atoms with van der Waals surface area (Å²) in [5.74, 6) is 0. The van der Waals surface area contributed by atoms with E-state index >= 15 is 0 Å². The van der Waals surface area contributed by atoms with Crippen molar-refractivity contribution >= 4 is 25.6 Å². The summed E-state index contributed by atoms with van der Waals surface area (Å²) >= 11 is 4.60. The van der Waals surface area contributed by atoms with Crippen LogP contribution in [-0.2, 0) is 11.7 Å². The second-order valence-electron chi connectivity index (χ2n) is 6.69. The van der Waals surface area contributed by atoms with Gasteiger partial charge in [-0.15, -0.1) is 0 Å². The van der Waals surface area contributed by atoms with Gasteiger partial charge in [0.05, 0.1) is 5.60 Å². The van der Waals surface area contributed by atoms with Crippen molar-refractivity contribution in [3.63, 3.8) is 0 Å². The molecule has 5 heteroatoms. The van der Waals surface area contributed by atoms with Crippen molar-refractivity contribution in [1.29, 1.82) is 0 Å². The highest BCUT2D eigenvalue weighted by Gasteiger charge is 2.34. The van der Waals surface area contributed by atoms with E-state index in [-0.39, 0.29) is 10.3 Å². The summed E-state index contributed by atoms with van der Waals surface area (Å²) in [5, 5.41) is 0. The summed E-state index contributed by atoms with van der Waals surface area (Å²) in [5.41, 5.74) is 2.82. The molecule has 0 saturated carbocycles. The molecule has 121 valence electrons. The normalized spacial score (nSPS) is 14.4. The molecule has 0 aliphatic rings. The van der Waals surface area contributed by atoms with Gasteiger partial charge in [0.25, 0.3) is 0 Å². The van der Waals surface area contributed by atoms with Crippen LogP contribution in [0.1, 0.15) is 48.0 Å². The molecule has 1 aromatic heterocycles. The van der Waals surface area contributed by atoms with Gasteiger partial charge in [-0.25, -0.2) is 4.99 Å². The molecule has 0 aliphatic carbocycles. The zero-order chi connectivity index (χ0) is 17.0. The average molecular weight is 319 g/mol. The van der Waals surface area contributed by atoms with Crippen LogP contribution in [0.2, 0.25) is 0 Å². The van der Waals surface area contributed by atoms with Gasteiger partial charge in [0.1, 0.15) is 5.49 Å². The van der Waals surface area contributed by atoms with Crippen LogP contribution in [0, 0.1) is 0 Å². The fourth-order valence-corrected chi connectivity index (χ4v) is 1.50. The predicted molar refractivity (Wildman–Crippen MR) is 98.6 cm³/mol. The first-order valence-electron chi connectivity index (χ1n) is 7.66.